The summed E-state index contributed by atoms with van der Waals surface area (Å²) in [7, 11) is 0. The Morgan fingerprint density at radius 1 is 1.42 bits per heavy atom. The van der Waals surface area contributed by atoms with Gasteiger partial charge < -0.3 is 15.2 Å². The van der Waals surface area contributed by atoms with Crippen LogP contribution in [-0.2, 0) is 4.74 Å². The second-order valence-corrected chi connectivity index (χ2v) is 5.24. The number of nitrogens with zero attached hydrogens (tertiary/aromatic N) is 1. The van der Waals surface area contributed by atoms with Crippen LogP contribution in [0.5, 0.6) is 5.75 Å². The summed E-state index contributed by atoms with van der Waals surface area (Å²) in [5.74, 6) is 0.0363. The van der Waals surface area contributed by atoms with Crippen LogP contribution in [0.2, 0.25) is 0 Å². The Bertz CT molecular complexity index is 478. The van der Waals surface area contributed by atoms with E-state index >= 15 is 0 Å². The van der Waals surface area contributed by atoms with Gasteiger partial charge in [-0.05, 0) is 37.8 Å². The number of fused-ring (bicyclic) bond motifs is 1. The summed E-state index contributed by atoms with van der Waals surface area (Å²) in [4.78, 5) is 16.1. The van der Waals surface area contributed by atoms with Gasteiger partial charge >= 0.3 is 0 Å². The highest BCUT2D eigenvalue weighted by atomic mass is 16.5. The van der Waals surface area contributed by atoms with Crippen LogP contribution in [0.4, 0.5) is 0 Å². The molecular weight excluding hydrogens is 244 g/mol. The van der Waals surface area contributed by atoms with Crippen molar-refractivity contribution in [3.05, 3.63) is 24.0 Å². The summed E-state index contributed by atoms with van der Waals surface area (Å²) >= 11 is 0. The van der Waals surface area contributed by atoms with Gasteiger partial charge in [0.25, 0.3) is 5.91 Å². The number of hydrogen-bond donors (Lipinski definition) is 2. The molecule has 1 amide bonds. The lowest BCUT2D eigenvalue weighted by Gasteiger charge is -2.33. The molecule has 0 unspecified atom stereocenters. The van der Waals surface area contributed by atoms with Gasteiger partial charge in [-0.2, -0.15) is 0 Å². The van der Waals surface area contributed by atoms with Gasteiger partial charge in [0.05, 0.1) is 6.10 Å². The molecule has 0 radical (unpaired) electrons. The fourth-order valence-electron chi connectivity index (χ4n) is 3.16. The zero-order valence-corrected chi connectivity index (χ0v) is 10.7. The van der Waals surface area contributed by atoms with Crippen molar-refractivity contribution in [2.24, 2.45) is 5.92 Å². The van der Waals surface area contributed by atoms with Gasteiger partial charge in [-0.3, -0.25) is 4.79 Å². The number of amides is 1. The predicted molar refractivity (Wildman–Crippen MR) is 68.9 cm³/mol. The number of nitrogens with one attached hydrogen (secondary N) is 1. The van der Waals surface area contributed by atoms with Crippen molar-refractivity contribution in [2.75, 3.05) is 6.61 Å². The summed E-state index contributed by atoms with van der Waals surface area (Å²) in [6.45, 7) is 0.788. The first-order valence-electron chi connectivity index (χ1n) is 6.82. The molecule has 2 fully saturated rings. The summed E-state index contributed by atoms with van der Waals surface area (Å²) < 4.78 is 5.68. The minimum Gasteiger partial charge on any atom is -0.505 e. The molecule has 3 rings (SSSR count). The number of pyridine rings is 1. The highest BCUT2D eigenvalue weighted by Crippen LogP contribution is 2.34. The quantitative estimate of drug-likeness (QED) is 0.846. The average molecular weight is 262 g/mol. The number of ether oxygens (including phenoxy) is 1. The third kappa shape index (κ3) is 2.42. The van der Waals surface area contributed by atoms with Gasteiger partial charge in [-0.15, -0.1) is 0 Å². The standard InChI is InChI=1S/C14H18N2O3/c17-11-4-2-7-15-13(11)14(18)16-10-3-1-5-12-9(10)6-8-19-12/h2,4,7,9-10,12,17H,1,3,5-6,8H2,(H,16,18)/t9-,10+,12+/m0/s1. The zero-order chi connectivity index (χ0) is 13.2. The third-order valence-corrected chi connectivity index (χ3v) is 4.10. The van der Waals surface area contributed by atoms with E-state index in [4.69, 9.17) is 4.74 Å². The van der Waals surface area contributed by atoms with E-state index in [0.717, 1.165) is 32.3 Å². The molecule has 1 saturated carbocycles. The number of carbonyl (C=O) groups is 1. The van der Waals surface area contributed by atoms with Gasteiger partial charge in [0, 0.05) is 24.8 Å². The first-order valence-corrected chi connectivity index (χ1v) is 6.82. The normalized spacial score (nSPS) is 29.8. The van der Waals surface area contributed by atoms with Gasteiger partial charge in [0.1, 0.15) is 5.75 Å². The molecule has 2 heterocycles. The first-order chi connectivity index (χ1) is 9.25. The van der Waals surface area contributed by atoms with Crippen molar-refractivity contribution < 1.29 is 14.6 Å². The maximum absolute atomic E-state index is 12.1. The lowest BCUT2D eigenvalue weighted by Crippen LogP contribution is -2.45. The van der Waals surface area contributed by atoms with Crippen molar-refractivity contribution >= 4 is 5.91 Å². The summed E-state index contributed by atoms with van der Waals surface area (Å²) in [5.41, 5.74) is 0.100. The maximum atomic E-state index is 12.1. The number of rotatable bonds is 2. The van der Waals surface area contributed by atoms with E-state index in [9.17, 15) is 9.90 Å². The van der Waals surface area contributed by atoms with Gasteiger partial charge in [0.2, 0.25) is 0 Å². The Balaban J connectivity index is 1.71. The summed E-state index contributed by atoms with van der Waals surface area (Å²) in [6, 6.07) is 3.22. The van der Waals surface area contributed by atoms with Gasteiger partial charge in [-0.25, -0.2) is 4.98 Å². The van der Waals surface area contributed by atoms with E-state index in [1.807, 2.05) is 0 Å². The molecule has 2 aliphatic rings. The van der Waals surface area contributed by atoms with E-state index < -0.39 is 0 Å². The lowest BCUT2D eigenvalue weighted by molar-refractivity contribution is 0.0509. The zero-order valence-electron chi connectivity index (χ0n) is 10.7. The molecule has 102 valence electrons. The minimum absolute atomic E-state index is 0.0740. The monoisotopic (exact) mass is 262 g/mol. The number of carbonyl (C=O) groups excluding carboxylic acids is 1. The van der Waals surface area contributed by atoms with Crippen LogP contribution in [0.1, 0.15) is 36.2 Å². The van der Waals surface area contributed by atoms with Gasteiger partial charge in [-0.1, -0.05) is 0 Å². The minimum atomic E-state index is -0.296. The van der Waals surface area contributed by atoms with Crippen molar-refractivity contribution in [3.63, 3.8) is 0 Å². The SMILES string of the molecule is O=C(N[C@@H]1CCC[C@H]2OCC[C@@H]12)c1ncccc1O. The number of hydrogen-bond acceptors (Lipinski definition) is 4. The molecule has 1 aliphatic carbocycles. The predicted octanol–water partition coefficient (Wildman–Crippen LogP) is 1.47. The smallest absolute Gasteiger partial charge is 0.273 e. The molecule has 3 atom stereocenters. The van der Waals surface area contributed by atoms with Crippen molar-refractivity contribution in [1.29, 1.82) is 0 Å². The van der Waals surface area contributed by atoms with E-state index in [1.54, 1.807) is 6.07 Å². The van der Waals surface area contributed by atoms with Crippen LogP contribution in [0.3, 0.4) is 0 Å². The van der Waals surface area contributed by atoms with E-state index in [0.29, 0.717) is 5.92 Å². The second-order valence-electron chi connectivity index (χ2n) is 5.24. The van der Waals surface area contributed by atoms with Crippen molar-refractivity contribution in [3.8, 4) is 5.75 Å². The molecule has 2 N–H and O–H groups in total. The van der Waals surface area contributed by atoms with Crippen LogP contribution >= 0.6 is 0 Å². The van der Waals surface area contributed by atoms with Crippen molar-refractivity contribution in [1.82, 2.24) is 10.3 Å². The van der Waals surface area contributed by atoms with E-state index in [2.05, 4.69) is 10.3 Å². The molecule has 19 heavy (non-hydrogen) atoms. The summed E-state index contributed by atoms with van der Waals surface area (Å²) in [6.07, 6.45) is 5.94. The molecule has 1 aliphatic heterocycles. The first kappa shape index (κ1) is 12.4. The highest BCUT2D eigenvalue weighted by molar-refractivity contribution is 5.94. The largest absolute Gasteiger partial charge is 0.505 e. The molecule has 0 aromatic carbocycles. The van der Waals surface area contributed by atoms with Crippen LogP contribution < -0.4 is 5.32 Å². The molecule has 1 saturated heterocycles. The van der Waals surface area contributed by atoms with Crippen LogP contribution in [0.25, 0.3) is 0 Å². The Morgan fingerprint density at radius 2 is 2.32 bits per heavy atom. The lowest BCUT2D eigenvalue weighted by atomic mass is 9.82. The fraction of sp³-hybridized carbons (Fsp3) is 0.571. The molecular formula is C14H18N2O3. The maximum Gasteiger partial charge on any atom is 0.273 e. The number of aromatic nitrogens is 1. The molecule has 5 heteroatoms. The molecule has 0 spiro atoms. The Kier molecular flexibility index (Phi) is 3.38. The highest BCUT2D eigenvalue weighted by Gasteiger charge is 2.38. The Labute approximate surface area is 112 Å². The molecule has 1 aromatic rings. The Morgan fingerprint density at radius 3 is 3.16 bits per heavy atom. The second kappa shape index (κ2) is 5.17. The van der Waals surface area contributed by atoms with Crippen LogP contribution in [0.15, 0.2) is 18.3 Å². The molecule has 0 bridgehead atoms. The molecule has 5 nitrogen and oxygen atoms in total. The third-order valence-electron chi connectivity index (χ3n) is 4.10. The average Bonchev–Trinajstić information content (AvgIpc) is 2.88. The Hall–Kier alpha value is -1.62. The van der Waals surface area contributed by atoms with Gasteiger partial charge in [0.15, 0.2) is 5.69 Å². The molecule has 1 aromatic heterocycles. The van der Waals surface area contributed by atoms with Crippen molar-refractivity contribution in [2.45, 2.75) is 37.8 Å². The fourth-order valence-corrected chi connectivity index (χ4v) is 3.16. The van der Waals surface area contributed by atoms with Crippen LogP contribution in [0, 0.1) is 5.92 Å². The van der Waals surface area contributed by atoms with E-state index in [1.165, 1.54) is 12.3 Å². The topological polar surface area (TPSA) is 71.5 Å². The number of aromatic hydroxyl groups is 1. The van der Waals surface area contributed by atoms with Crippen LogP contribution in [-0.4, -0.2) is 34.8 Å². The van der Waals surface area contributed by atoms with E-state index in [-0.39, 0.29) is 29.5 Å². The summed E-state index contributed by atoms with van der Waals surface area (Å²) in [5, 5.41) is 12.7.